The average Bonchev–Trinajstić information content (AvgIpc) is 1.82. The summed E-state index contributed by atoms with van der Waals surface area (Å²) < 4.78 is 0. The molecule has 0 saturated heterocycles. The van der Waals surface area contributed by atoms with Crippen molar-refractivity contribution in [1.82, 2.24) is 137 Å². The van der Waals surface area contributed by atoms with Gasteiger partial charge in [-0.2, -0.15) is 0 Å². The number of aliphatic hydroxyl groups excluding tert-OH is 1. The first-order valence-electron chi connectivity index (χ1n) is 48.2. The first-order chi connectivity index (χ1) is 68.0. The number of carboxylic acid groups (broad SMARTS) is 1. The summed E-state index contributed by atoms with van der Waals surface area (Å²) in [6.07, 6.45) is 4.82. The highest BCUT2D eigenvalue weighted by atomic mass is 16.4. The lowest BCUT2D eigenvalue weighted by Gasteiger charge is -2.30. The number of aliphatic carboxylic acids is 1. The zero-order valence-electron chi connectivity index (χ0n) is 85.2. The number of nitrogens with one attached hydrogen (secondary N) is 28. The van der Waals surface area contributed by atoms with Crippen molar-refractivity contribution in [1.29, 1.82) is 21.6 Å². The van der Waals surface area contributed by atoms with Gasteiger partial charge in [0.05, 0.1) is 50.3 Å². The smallest absolute Gasteiger partial charge is 0.326 e. The topological polar surface area (TPSA) is 912 Å². The van der Waals surface area contributed by atoms with Crippen molar-refractivity contribution < 1.29 is 101 Å². The second-order valence-electron chi connectivity index (χ2n) is 37.6. The second kappa shape index (κ2) is 66.2. The van der Waals surface area contributed by atoms with Gasteiger partial charge in [0.2, 0.25) is 106 Å². The number of carbonyl (C=O) groups excluding carboxylic acids is 18. The van der Waals surface area contributed by atoms with Gasteiger partial charge in [-0.1, -0.05) is 83.1 Å². The number of hydrogen-bond donors (Lipinski definition) is 35. The van der Waals surface area contributed by atoms with Crippen LogP contribution < -0.4 is 146 Å². The number of hydrogen-bond acceptors (Lipinski definition) is 27. The lowest BCUT2D eigenvalue weighted by molar-refractivity contribution is -0.142. The van der Waals surface area contributed by atoms with E-state index in [-0.39, 0.29) is 158 Å². The lowest BCUT2D eigenvalue weighted by Crippen LogP contribution is -2.61. The molecule has 0 aliphatic rings. The van der Waals surface area contributed by atoms with Crippen molar-refractivity contribution in [3.8, 4) is 0 Å². The molecule has 0 aromatic carbocycles. The minimum Gasteiger partial charge on any atom is -0.480 e. The Kier molecular flexibility index (Phi) is 57.8. The molecule has 2 aromatic heterocycles. The molecule has 145 heavy (non-hydrogen) atoms. The highest BCUT2D eigenvalue weighted by Gasteiger charge is 2.40. The predicted molar refractivity (Wildman–Crippen MR) is 531 cm³/mol. The fourth-order valence-electron chi connectivity index (χ4n) is 14.3. The number of guanidine groups is 4. The molecule has 0 radical (unpaired) electrons. The number of carbonyl (C=O) groups is 19. The van der Waals surface area contributed by atoms with Crippen LogP contribution in [0.3, 0.4) is 0 Å². The van der Waals surface area contributed by atoms with Gasteiger partial charge in [-0.3, -0.25) is 108 Å². The van der Waals surface area contributed by atoms with Crippen LogP contribution in [0.1, 0.15) is 199 Å². The van der Waals surface area contributed by atoms with Gasteiger partial charge in [-0.05, 0) is 140 Å². The van der Waals surface area contributed by atoms with Crippen LogP contribution in [0.5, 0.6) is 0 Å². The van der Waals surface area contributed by atoms with Crippen LogP contribution in [-0.2, 0) is 104 Å². The Morgan fingerprint density at radius 3 is 0.897 bits per heavy atom. The van der Waals surface area contributed by atoms with E-state index in [2.05, 4.69) is 137 Å². The molecular weight excluding hydrogens is 1900 g/mol. The van der Waals surface area contributed by atoms with Crippen molar-refractivity contribution in [2.45, 2.75) is 297 Å². The maximum Gasteiger partial charge on any atom is 0.326 e. The van der Waals surface area contributed by atoms with Gasteiger partial charge in [0.15, 0.2) is 23.8 Å². The van der Waals surface area contributed by atoms with E-state index in [1.54, 1.807) is 83.1 Å². The van der Waals surface area contributed by atoms with Crippen LogP contribution in [0.2, 0.25) is 0 Å². The molecule has 40 N–H and O–H groups in total. The lowest BCUT2D eigenvalue weighted by atomic mass is 9.97. The van der Waals surface area contributed by atoms with Crippen molar-refractivity contribution in [2.24, 2.45) is 64.2 Å². The number of imidazole rings is 2. The van der Waals surface area contributed by atoms with E-state index in [0.717, 1.165) is 0 Å². The van der Waals surface area contributed by atoms with E-state index in [0.29, 0.717) is 11.4 Å². The monoisotopic (exact) mass is 2050 g/mol. The number of nitrogens with two attached hydrogens (primary N) is 5. The Balaban J connectivity index is 2.37. The number of carboxylic acids is 1. The number of rotatable bonds is 69. The van der Waals surface area contributed by atoms with Crippen molar-refractivity contribution in [3.63, 3.8) is 0 Å². The van der Waals surface area contributed by atoms with E-state index in [9.17, 15) is 101 Å². The fourth-order valence-corrected chi connectivity index (χ4v) is 14.3. The Labute approximate surface area is 842 Å². The number of nitrogens with zero attached hydrogens (tertiary/aromatic N) is 2. The molecule has 2 rings (SSSR count). The summed E-state index contributed by atoms with van der Waals surface area (Å²) in [6, 6.07) is -23.1. The second-order valence-corrected chi connectivity index (χ2v) is 37.6. The van der Waals surface area contributed by atoms with Crippen molar-refractivity contribution >= 4 is 136 Å². The highest BCUT2D eigenvalue weighted by Crippen LogP contribution is 2.17. The van der Waals surface area contributed by atoms with E-state index in [4.69, 9.17) is 50.3 Å². The molecule has 2 aromatic rings. The normalized spacial score (nSPS) is 14.5. The third-order valence-corrected chi connectivity index (χ3v) is 21.8. The molecule has 0 aliphatic heterocycles. The van der Waals surface area contributed by atoms with Crippen LogP contribution in [0.15, 0.2) is 25.0 Å². The largest absolute Gasteiger partial charge is 0.480 e. The third-order valence-electron chi connectivity index (χ3n) is 21.8. The van der Waals surface area contributed by atoms with Crippen LogP contribution in [-0.4, -0.2) is 315 Å². The van der Waals surface area contributed by atoms with Crippen LogP contribution >= 0.6 is 0 Å². The Morgan fingerprint density at radius 1 is 0.303 bits per heavy atom. The molecule has 814 valence electrons. The Bertz CT molecular complexity index is 4610. The summed E-state index contributed by atoms with van der Waals surface area (Å²) >= 11 is 0. The maximum absolute atomic E-state index is 14.6. The predicted octanol–water partition coefficient (Wildman–Crippen LogP) is -9.06. The van der Waals surface area contributed by atoms with E-state index >= 15 is 0 Å². The molecule has 16 atom stereocenters. The first kappa shape index (κ1) is 126. The molecule has 0 aliphatic carbocycles. The SMILES string of the molecule is CC(C)C[C@H](NC(=O)CNC(=O)[C@H](CCCNC(=N)N)NC(=O)[C@H](C)NC(=O)[C@H](C)NC(=O)[C@H](CCCNC(=N)N)NC(=O)[C@H](CC(C)C)NC(=O)[C@@H](NC(=O)[C@H](CC(C)C)NC(=O)[C@H](CC(C)C)NC(=O)[C@H](CO)NC(=O)[C@H](CCCNC(=N)N)NC(=O)CNC(=O)CN)C(C)C)C(=O)N[C@@H](C)C(=O)N[C@@H](CCCNC(=N)N)C(=O)N[C@@H](CC(C)C)C(=O)N[C@@H](Cc1c[nH]cn1)C(=O)N[C@@H](Cc1c[nH]cn1)C(=O)O. The molecule has 0 unspecified atom stereocenters. The van der Waals surface area contributed by atoms with Gasteiger partial charge in [0.1, 0.15) is 96.7 Å². The molecular formula is C89H157N35O21. The summed E-state index contributed by atoms with van der Waals surface area (Å²) in [4.78, 5) is 277. The molecule has 2 heterocycles. The number of aromatic nitrogens is 4. The molecule has 56 nitrogen and oxygen atoms in total. The molecule has 0 saturated carbocycles. The van der Waals surface area contributed by atoms with Gasteiger partial charge in [-0.25, -0.2) is 14.8 Å². The summed E-state index contributed by atoms with van der Waals surface area (Å²) in [6.45, 7) is 21.8. The zero-order chi connectivity index (χ0) is 110. The number of H-pyrrole nitrogens is 2. The van der Waals surface area contributed by atoms with Gasteiger partial charge >= 0.3 is 5.97 Å². The summed E-state index contributed by atoms with van der Waals surface area (Å²) in [5.41, 5.74) is 27.9. The summed E-state index contributed by atoms with van der Waals surface area (Å²) in [5.74, 6) is -21.3. The van der Waals surface area contributed by atoms with Gasteiger partial charge in [0, 0.05) is 51.4 Å². The molecule has 18 amide bonds. The Morgan fingerprint density at radius 2 is 0.559 bits per heavy atom. The van der Waals surface area contributed by atoms with E-state index in [1.165, 1.54) is 45.8 Å². The fraction of sp³-hybridized carbons (Fsp3) is 0.674. The molecule has 0 spiro atoms. The van der Waals surface area contributed by atoms with Gasteiger partial charge in [-0.15, -0.1) is 0 Å². The maximum atomic E-state index is 14.6. The number of aromatic amines is 2. The van der Waals surface area contributed by atoms with E-state index < -0.39 is 259 Å². The molecule has 0 fully saturated rings. The highest BCUT2D eigenvalue weighted by molar-refractivity contribution is 6.02. The van der Waals surface area contributed by atoms with Crippen LogP contribution in [0, 0.1) is 57.1 Å². The summed E-state index contributed by atoms with van der Waals surface area (Å²) in [7, 11) is 0. The van der Waals surface area contributed by atoms with Crippen molar-refractivity contribution in [2.75, 3.05) is 52.4 Å². The number of amides is 18. The minimum atomic E-state index is -1.71. The first-order valence-corrected chi connectivity index (χ1v) is 48.2. The number of aliphatic hydroxyl groups is 1. The van der Waals surface area contributed by atoms with Gasteiger partial charge < -0.3 is 166 Å². The summed E-state index contributed by atoms with van der Waals surface area (Å²) in [5, 5.41) is 107. The average molecular weight is 2050 g/mol. The minimum absolute atomic E-state index is 0.0143. The zero-order valence-corrected chi connectivity index (χ0v) is 85.2. The van der Waals surface area contributed by atoms with Crippen LogP contribution in [0.4, 0.5) is 0 Å². The van der Waals surface area contributed by atoms with E-state index in [1.807, 2.05) is 0 Å². The standard InChI is InChI=1S/C89H157N35O21/c1-43(2)28-58(77(136)111-51(15)72(131)115-57(23-19-27-104-89(97)98)76(135)117-59(29-44(3)4)80(139)120-63(33-52-36-99-41-107-52)81(140)122-64(85(144)145)34-53-37-100-42-108-53)113-68(128)39-106-73(132)54(20-16-24-101-86(91)92)114-71(130)50(14)109-70(129)49(13)110-74(133)56(22-18-26-103-88(95)96)116-78(137)61(31-46(7)8)121-84(143)69(48(11)12)124-82(141)62(32-47(9)10)118-79(138)60(30-45(5)6)119-83(142)65(40-125)123-75(134)55(21-17-25-102-87(93)94)112-67(127)38-105-66(126)35-90/h36-37,41-51,54-65,69,125H,16-35,38-40,90H2,1-15H3,(H,99,107)(H,100,108)(H,105,126)(H,106,132)(H,109,129)(H,110,133)(H,111,136)(H,112,127)(H,113,128)(H,114,130)(H,115,131)(H,116,137)(H,117,135)(H,118,138)(H,119,142)(H,120,139)(H,121,143)(H,122,140)(H,123,134)(H,124,141)(H,144,145)(H4,91,92,101)(H4,93,94,102)(H4,95,96,103)(H4,97,98,104)/t49-,50-,51-,54-,55-,56-,57-,58-,59-,60-,61-,62-,63-,64-,65-,69-/m0/s1. The third kappa shape index (κ3) is 51.7. The quantitative estimate of drug-likeness (QED) is 0.0166. The molecule has 0 bridgehead atoms. The van der Waals surface area contributed by atoms with Gasteiger partial charge in [0.25, 0.3) is 0 Å². The van der Waals surface area contributed by atoms with Crippen molar-refractivity contribution in [3.05, 3.63) is 36.4 Å². The van der Waals surface area contributed by atoms with Crippen LogP contribution in [0.25, 0.3) is 0 Å². The molecule has 56 heteroatoms. The Hall–Kier alpha value is -14.6.